The van der Waals surface area contributed by atoms with Crippen molar-refractivity contribution in [1.82, 2.24) is 0 Å². The molecule has 0 aromatic rings. The molecule has 0 aliphatic carbocycles. The van der Waals surface area contributed by atoms with E-state index >= 15 is 0 Å². The monoisotopic (exact) mass is 380 g/mol. The van der Waals surface area contributed by atoms with Gasteiger partial charge in [0.15, 0.2) is 0 Å². The number of rotatable bonds is 0. The van der Waals surface area contributed by atoms with Crippen LogP contribution in [0.1, 0.15) is 0 Å². The molecular formula is AlFeO9V3. The van der Waals surface area contributed by atoms with Crippen LogP contribution < -0.4 is 12.1 Å². The van der Waals surface area contributed by atoms with Crippen LogP contribution in [0.5, 0.6) is 0 Å². The first-order chi connectivity index (χ1) is 5.20. The second-order valence-corrected chi connectivity index (χ2v) is 2.77. The van der Waals surface area contributed by atoms with Gasteiger partial charge in [0.05, 0.1) is 0 Å². The van der Waals surface area contributed by atoms with E-state index in [2.05, 4.69) is 0 Å². The van der Waals surface area contributed by atoms with Crippen molar-refractivity contribution in [2.75, 3.05) is 0 Å². The zero-order valence-corrected chi connectivity index (χ0v) is 12.4. The molecule has 0 radical (unpaired) electrons. The van der Waals surface area contributed by atoms with Gasteiger partial charge in [0.1, 0.15) is 0 Å². The van der Waals surface area contributed by atoms with Crippen molar-refractivity contribution >= 4 is 17.4 Å². The maximum absolute atomic E-state index is 8.56. The summed E-state index contributed by atoms with van der Waals surface area (Å²) < 4.78 is 77.1. The normalized spacial score (nSPS) is 5.36. The zero-order chi connectivity index (χ0) is 10.7. The summed E-state index contributed by atoms with van der Waals surface area (Å²) in [5.74, 6) is 0. The minimum absolute atomic E-state index is 0. The fraction of sp³-hybridized carbons (Fsp3) is 0. The first-order valence-corrected chi connectivity index (χ1v) is 6.77. The molecule has 0 atom stereocenters. The topological polar surface area (TPSA) is 172 Å². The van der Waals surface area contributed by atoms with E-state index in [9.17, 15) is 0 Å². The molecule has 80 valence electrons. The average Bonchev–Trinajstić information content (AvgIpc) is 1.54. The van der Waals surface area contributed by atoms with Gasteiger partial charge in [0.25, 0.3) is 0 Å². The van der Waals surface area contributed by atoms with Gasteiger partial charge in [-0.15, -0.1) is 0 Å². The molecule has 0 amide bonds. The SMILES string of the molecule is [Al+3].[Fe].[O]=[V](=[O])[O-].[O]=[V](=[O])[O-].[O]=[V](=[O])[O-]. The van der Waals surface area contributed by atoms with Gasteiger partial charge in [-0.1, -0.05) is 0 Å². The van der Waals surface area contributed by atoms with Crippen LogP contribution in [0, 0.1) is 0 Å². The quantitative estimate of drug-likeness (QED) is 0.375. The molecule has 0 aliphatic heterocycles. The molecule has 9 nitrogen and oxygen atoms in total. The fourth-order valence-electron chi connectivity index (χ4n) is 0. The van der Waals surface area contributed by atoms with Crippen LogP contribution in [0.25, 0.3) is 0 Å². The van der Waals surface area contributed by atoms with E-state index in [-0.39, 0.29) is 34.4 Å². The molecule has 14 heavy (non-hydrogen) atoms. The Morgan fingerprint density at radius 2 is 0.571 bits per heavy atom. The zero-order valence-electron chi connectivity index (χ0n) is 5.95. The van der Waals surface area contributed by atoms with E-state index in [0.29, 0.717) is 0 Å². The van der Waals surface area contributed by atoms with Crippen molar-refractivity contribution < 1.29 is 97.4 Å². The number of hydrogen-bond acceptors (Lipinski definition) is 9. The van der Waals surface area contributed by atoms with E-state index in [0.717, 1.165) is 0 Å². The van der Waals surface area contributed by atoms with Crippen LogP contribution in [-0.2, 0) is 85.3 Å². The van der Waals surface area contributed by atoms with Crippen LogP contribution in [0.15, 0.2) is 0 Å². The van der Waals surface area contributed by atoms with E-state index in [1.54, 1.807) is 0 Å². The molecule has 0 aromatic heterocycles. The Bertz CT molecular complexity index is 213. The van der Waals surface area contributed by atoms with Crippen molar-refractivity contribution in [3.63, 3.8) is 0 Å². The van der Waals surface area contributed by atoms with Gasteiger partial charge in [-0.3, -0.25) is 0 Å². The molecule has 0 unspecified atom stereocenters. The molecule has 0 fully saturated rings. The third-order valence-corrected chi connectivity index (χ3v) is 0. The van der Waals surface area contributed by atoms with Crippen LogP contribution in [-0.4, -0.2) is 17.4 Å². The Morgan fingerprint density at radius 1 is 0.571 bits per heavy atom. The fourth-order valence-corrected chi connectivity index (χ4v) is 0. The molecule has 0 bridgehead atoms. The number of hydrogen-bond donors (Lipinski definition) is 0. The van der Waals surface area contributed by atoms with E-state index in [4.69, 9.17) is 34.1 Å². The summed E-state index contributed by atoms with van der Waals surface area (Å²) in [7, 11) is 0. The van der Waals surface area contributed by atoms with Gasteiger partial charge < -0.3 is 0 Å². The van der Waals surface area contributed by atoms with Gasteiger partial charge in [0.2, 0.25) is 0 Å². The second-order valence-electron chi connectivity index (χ2n) is 0.671. The molecule has 0 saturated carbocycles. The van der Waals surface area contributed by atoms with Gasteiger partial charge in [-0.05, 0) is 0 Å². The van der Waals surface area contributed by atoms with E-state index in [1.165, 1.54) is 0 Å². The molecule has 0 spiro atoms. The Kier molecular flexibility index (Phi) is 50.6. The summed E-state index contributed by atoms with van der Waals surface area (Å²) in [5, 5.41) is 0. The summed E-state index contributed by atoms with van der Waals surface area (Å²) in [6, 6.07) is 0. The molecule has 0 aromatic carbocycles. The van der Waals surface area contributed by atoms with Gasteiger partial charge in [-0.25, -0.2) is 0 Å². The van der Waals surface area contributed by atoms with Gasteiger partial charge >= 0.3 is 97.7 Å². The van der Waals surface area contributed by atoms with Crippen LogP contribution in [0.3, 0.4) is 0 Å². The summed E-state index contributed by atoms with van der Waals surface area (Å²) in [4.78, 5) is 0. The second kappa shape index (κ2) is 24.0. The average molecular weight is 380 g/mol. The summed E-state index contributed by atoms with van der Waals surface area (Å²) >= 11 is -11.8. The van der Waals surface area contributed by atoms with Crippen molar-refractivity contribution in [2.24, 2.45) is 0 Å². The van der Waals surface area contributed by atoms with Crippen molar-refractivity contribution in [3.05, 3.63) is 0 Å². The third-order valence-electron chi connectivity index (χ3n) is 0. The molecule has 0 N–H and O–H groups in total. The minimum atomic E-state index is -3.94. The van der Waals surface area contributed by atoms with E-state index < -0.39 is 46.2 Å². The maximum atomic E-state index is 8.56. The Labute approximate surface area is 114 Å². The molecule has 0 heterocycles. The first kappa shape index (κ1) is 29.6. The Balaban J connectivity index is -0.0000000270. The molecular weight excluding hydrogens is 380 g/mol. The summed E-state index contributed by atoms with van der Waals surface area (Å²) in [5.41, 5.74) is 0. The van der Waals surface area contributed by atoms with Gasteiger partial charge in [0, 0.05) is 17.1 Å². The van der Waals surface area contributed by atoms with Crippen molar-refractivity contribution in [2.45, 2.75) is 0 Å². The van der Waals surface area contributed by atoms with Crippen molar-refractivity contribution in [1.29, 1.82) is 0 Å². The molecule has 0 aliphatic rings. The van der Waals surface area contributed by atoms with Crippen LogP contribution >= 0.6 is 0 Å². The standard InChI is InChI=1S/Al.Fe.9O.3V/q+3;;;;;;;;3*-1;;;. The Hall–Kier alpha value is 1.49. The Morgan fingerprint density at radius 3 is 0.571 bits per heavy atom. The molecule has 0 rings (SSSR count). The summed E-state index contributed by atoms with van der Waals surface area (Å²) in [6.45, 7) is 0. The first-order valence-electron chi connectivity index (χ1n) is 1.64. The van der Waals surface area contributed by atoms with Gasteiger partial charge in [-0.2, -0.15) is 0 Å². The third kappa shape index (κ3) is 953. The predicted octanol–water partition coefficient (Wildman–Crippen LogP) is -4.67. The molecule has 14 heteroatoms. The van der Waals surface area contributed by atoms with Crippen LogP contribution in [0.4, 0.5) is 0 Å². The molecule has 0 saturated heterocycles. The summed E-state index contributed by atoms with van der Waals surface area (Å²) in [6.07, 6.45) is 0. The van der Waals surface area contributed by atoms with Crippen molar-refractivity contribution in [3.8, 4) is 0 Å². The van der Waals surface area contributed by atoms with Crippen LogP contribution in [0.2, 0.25) is 0 Å². The van der Waals surface area contributed by atoms with E-state index in [1.807, 2.05) is 0 Å². The predicted molar refractivity (Wildman–Crippen MR) is 9.87 cm³/mol.